The molecule has 0 aliphatic rings. The second-order valence-corrected chi connectivity index (χ2v) is 3.36. The SMILES string of the molecule is Oc1ccc(CBr)c(F)c1Br. The number of phenols is 1. The van der Waals surface area contributed by atoms with Crippen molar-refractivity contribution in [3.05, 3.63) is 28.0 Å². The molecule has 0 unspecified atom stereocenters. The van der Waals surface area contributed by atoms with Crippen LogP contribution in [0.4, 0.5) is 4.39 Å². The fourth-order valence-electron chi connectivity index (χ4n) is 0.682. The normalized spacial score (nSPS) is 10.1. The van der Waals surface area contributed by atoms with Gasteiger partial charge in [0.2, 0.25) is 0 Å². The smallest absolute Gasteiger partial charge is 0.145 e. The fourth-order valence-corrected chi connectivity index (χ4v) is 1.50. The van der Waals surface area contributed by atoms with Gasteiger partial charge in [0.15, 0.2) is 0 Å². The second-order valence-electron chi connectivity index (χ2n) is 2.01. The third-order valence-corrected chi connectivity index (χ3v) is 2.64. The summed E-state index contributed by atoms with van der Waals surface area (Å²) in [7, 11) is 0. The molecule has 0 heterocycles. The van der Waals surface area contributed by atoms with Crippen LogP contribution in [0.1, 0.15) is 5.56 Å². The van der Waals surface area contributed by atoms with Gasteiger partial charge >= 0.3 is 0 Å². The van der Waals surface area contributed by atoms with Crippen molar-refractivity contribution < 1.29 is 9.50 Å². The molecule has 0 radical (unpaired) electrons. The predicted molar refractivity (Wildman–Crippen MR) is 48.4 cm³/mol. The summed E-state index contributed by atoms with van der Waals surface area (Å²) >= 11 is 6.05. The Morgan fingerprint density at radius 2 is 2.09 bits per heavy atom. The van der Waals surface area contributed by atoms with Gasteiger partial charge in [0, 0.05) is 5.33 Å². The van der Waals surface area contributed by atoms with Crippen molar-refractivity contribution in [2.75, 3.05) is 0 Å². The van der Waals surface area contributed by atoms with Crippen LogP contribution in [-0.2, 0) is 5.33 Å². The molecule has 11 heavy (non-hydrogen) atoms. The number of phenolic OH excluding ortho intramolecular Hbond substituents is 1. The zero-order chi connectivity index (χ0) is 8.43. The molecule has 4 heteroatoms. The molecule has 1 nitrogen and oxygen atoms in total. The van der Waals surface area contributed by atoms with E-state index in [-0.39, 0.29) is 10.2 Å². The third kappa shape index (κ3) is 1.73. The summed E-state index contributed by atoms with van der Waals surface area (Å²) in [5.74, 6) is -0.492. The van der Waals surface area contributed by atoms with E-state index in [1.165, 1.54) is 12.1 Å². The molecule has 0 atom stereocenters. The molecule has 0 saturated heterocycles. The molecule has 1 aromatic carbocycles. The zero-order valence-corrected chi connectivity index (χ0v) is 8.61. The highest BCUT2D eigenvalue weighted by atomic mass is 79.9. The van der Waals surface area contributed by atoms with Crippen molar-refractivity contribution in [2.24, 2.45) is 0 Å². The lowest BCUT2D eigenvalue weighted by molar-refractivity contribution is 0.463. The minimum absolute atomic E-state index is 0.0767. The van der Waals surface area contributed by atoms with E-state index < -0.39 is 5.82 Å². The van der Waals surface area contributed by atoms with E-state index in [0.29, 0.717) is 10.9 Å². The number of halogens is 3. The highest BCUT2D eigenvalue weighted by Gasteiger charge is 2.08. The van der Waals surface area contributed by atoms with Crippen LogP contribution in [0.3, 0.4) is 0 Å². The summed E-state index contributed by atoms with van der Waals surface area (Å²) in [6.45, 7) is 0. The molecule has 0 saturated carbocycles. The standard InChI is InChI=1S/C7H5Br2FO/c8-3-4-1-2-5(11)6(9)7(4)10/h1-2,11H,3H2. The van der Waals surface area contributed by atoms with Gasteiger partial charge in [-0.3, -0.25) is 0 Å². The fraction of sp³-hybridized carbons (Fsp3) is 0.143. The predicted octanol–water partition coefficient (Wildman–Crippen LogP) is 3.19. The Bertz CT molecular complexity index is 275. The molecule has 1 aromatic rings. The molecule has 0 fully saturated rings. The van der Waals surface area contributed by atoms with E-state index >= 15 is 0 Å². The van der Waals surface area contributed by atoms with Gasteiger partial charge in [-0.25, -0.2) is 4.39 Å². The molecular formula is C7H5Br2FO. The molecule has 60 valence electrons. The lowest BCUT2D eigenvalue weighted by atomic mass is 10.2. The van der Waals surface area contributed by atoms with Crippen LogP contribution >= 0.6 is 31.9 Å². The topological polar surface area (TPSA) is 20.2 Å². The highest BCUT2D eigenvalue weighted by molar-refractivity contribution is 9.10. The minimum atomic E-state index is -0.415. The molecule has 1 rings (SSSR count). The summed E-state index contributed by atoms with van der Waals surface area (Å²) in [4.78, 5) is 0. The first kappa shape index (κ1) is 9.00. The summed E-state index contributed by atoms with van der Waals surface area (Å²) in [5, 5.41) is 9.46. The molecule has 0 aromatic heterocycles. The van der Waals surface area contributed by atoms with Gasteiger partial charge in [-0.05, 0) is 27.6 Å². The summed E-state index contributed by atoms with van der Waals surface area (Å²) in [6.07, 6.45) is 0. The van der Waals surface area contributed by atoms with Crippen molar-refractivity contribution in [2.45, 2.75) is 5.33 Å². The van der Waals surface area contributed by atoms with E-state index in [4.69, 9.17) is 5.11 Å². The highest BCUT2D eigenvalue weighted by Crippen LogP contribution is 2.29. The maximum atomic E-state index is 13.0. The van der Waals surface area contributed by atoms with Crippen LogP contribution in [0.2, 0.25) is 0 Å². The first-order chi connectivity index (χ1) is 5.16. The number of hydrogen-bond donors (Lipinski definition) is 1. The molecule has 0 aliphatic heterocycles. The van der Waals surface area contributed by atoms with Gasteiger partial charge in [0.05, 0.1) is 4.47 Å². The Balaban J connectivity index is 3.25. The molecule has 0 bridgehead atoms. The van der Waals surface area contributed by atoms with E-state index in [2.05, 4.69) is 31.9 Å². The first-order valence-corrected chi connectivity index (χ1v) is 4.80. The summed E-state index contributed by atoms with van der Waals surface area (Å²) in [6, 6.07) is 2.98. The van der Waals surface area contributed by atoms with Gasteiger partial charge in [-0.15, -0.1) is 0 Å². The van der Waals surface area contributed by atoms with Gasteiger partial charge in [-0.2, -0.15) is 0 Å². The Morgan fingerprint density at radius 1 is 1.45 bits per heavy atom. The summed E-state index contributed by atoms with van der Waals surface area (Å²) < 4.78 is 13.1. The number of hydrogen-bond acceptors (Lipinski definition) is 1. The maximum absolute atomic E-state index is 13.0. The van der Waals surface area contributed by atoms with Gasteiger partial charge in [0.1, 0.15) is 11.6 Å². The number of rotatable bonds is 1. The lowest BCUT2D eigenvalue weighted by Crippen LogP contribution is -1.86. The van der Waals surface area contributed by atoms with Gasteiger partial charge < -0.3 is 5.11 Å². The Morgan fingerprint density at radius 3 is 2.64 bits per heavy atom. The van der Waals surface area contributed by atoms with Gasteiger partial charge in [-0.1, -0.05) is 22.0 Å². The quantitative estimate of drug-likeness (QED) is 0.785. The average molecular weight is 284 g/mol. The van der Waals surface area contributed by atoms with E-state index in [1.807, 2.05) is 0 Å². The maximum Gasteiger partial charge on any atom is 0.145 e. The second kappa shape index (κ2) is 3.54. The molecule has 0 spiro atoms. The monoisotopic (exact) mass is 282 g/mol. The molecule has 0 aliphatic carbocycles. The average Bonchev–Trinajstić information content (AvgIpc) is 2.01. The molecular weight excluding hydrogens is 279 g/mol. The van der Waals surface area contributed by atoms with Crippen molar-refractivity contribution >= 4 is 31.9 Å². The Kier molecular flexibility index (Phi) is 2.90. The van der Waals surface area contributed by atoms with Crippen LogP contribution in [0.5, 0.6) is 5.75 Å². The minimum Gasteiger partial charge on any atom is -0.507 e. The van der Waals surface area contributed by atoms with Crippen molar-refractivity contribution in [3.63, 3.8) is 0 Å². The van der Waals surface area contributed by atoms with Crippen LogP contribution in [0, 0.1) is 5.82 Å². The number of alkyl halides is 1. The number of benzene rings is 1. The van der Waals surface area contributed by atoms with Crippen LogP contribution < -0.4 is 0 Å². The zero-order valence-electron chi connectivity index (χ0n) is 5.44. The summed E-state index contributed by atoms with van der Waals surface area (Å²) in [5.41, 5.74) is 0.523. The number of aromatic hydroxyl groups is 1. The van der Waals surface area contributed by atoms with Crippen molar-refractivity contribution in [1.29, 1.82) is 0 Å². The van der Waals surface area contributed by atoms with E-state index in [1.54, 1.807) is 0 Å². The Hall–Kier alpha value is -0.0900. The van der Waals surface area contributed by atoms with Crippen molar-refractivity contribution in [3.8, 4) is 5.75 Å². The van der Waals surface area contributed by atoms with Crippen LogP contribution in [-0.4, -0.2) is 5.11 Å². The van der Waals surface area contributed by atoms with Crippen molar-refractivity contribution in [1.82, 2.24) is 0 Å². The van der Waals surface area contributed by atoms with Crippen LogP contribution in [0.15, 0.2) is 16.6 Å². The van der Waals surface area contributed by atoms with E-state index in [0.717, 1.165) is 0 Å². The van der Waals surface area contributed by atoms with Gasteiger partial charge in [0.25, 0.3) is 0 Å². The molecule has 0 amide bonds. The largest absolute Gasteiger partial charge is 0.507 e. The first-order valence-electron chi connectivity index (χ1n) is 2.88. The third-order valence-electron chi connectivity index (χ3n) is 1.29. The molecule has 1 N–H and O–H groups in total. The van der Waals surface area contributed by atoms with Crippen LogP contribution in [0.25, 0.3) is 0 Å². The Labute approximate surface area is 80.5 Å². The van der Waals surface area contributed by atoms with E-state index in [9.17, 15) is 4.39 Å². The lowest BCUT2D eigenvalue weighted by Gasteiger charge is -2.01.